The minimum Gasteiger partial charge on any atom is -0.566 e. The third kappa shape index (κ3) is 3.02. The van der Waals surface area contributed by atoms with Crippen LogP contribution in [0.15, 0.2) is 6.07 Å². The molecule has 5 nitrogen and oxygen atoms in total. The van der Waals surface area contributed by atoms with Crippen LogP contribution in [0.3, 0.4) is 0 Å². The number of fused-ring (bicyclic) bond motifs is 1. The molecular formula is C15H23NO4. The first-order chi connectivity index (χ1) is 9.21. The van der Waals surface area contributed by atoms with Gasteiger partial charge in [-0.25, -0.2) is 0 Å². The summed E-state index contributed by atoms with van der Waals surface area (Å²) < 4.78 is 0. The Morgan fingerprint density at radius 3 is 2.65 bits per heavy atom. The van der Waals surface area contributed by atoms with Crippen LogP contribution in [0, 0.1) is 24.5 Å². The zero-order chi connectivity index (χ0) is 15.1. The number of aliphatic hydroxyl groups excluding tert-OH is 1. The summed E-state index contributed by atoms with van der Waals surface area (Å²) in [6.07, 6.45) is 1.14. The minimum atomic E-state index is -1.36. The maximum atomic E-state index is 10.4. The summed E-state index contributed by atoms with van der Waals surface area (Å²) >= 11 is 0. The molecule has 112 valence electrons. The van der Waals surface area contributed by atoms with E-state index in [1.54, 1.807) is 0 Å². The second-order valence-electron chi connectivity index (χ2n) is 6.48. The van der Waals surface area contributed by atoms with Gasteiger partial charge in [0.15, 0.2) is 0 Å². The van der Waals surface area contributed by atoms with Crippen molar-refractivity contribution in [1.82, 2.24) is 0 Å². The number of hydrogen-bond acceptors (Lipinski definition) is 4. The number of aliphatic hydroxyl groups is 1. The molecule has 0 spiro atoms. The summed E-state index contributed by atoms with van der Waals surface area (Å²) in [6.45, 7) is 8.22. The Labute approximate surface area is 119 Å². The van der Waals surface area contributed by atoms with Crippen LogP contribution in [-0.2, 0) is 17.7 Å². The fourth-order valence-electron chi connectivity index (χ4n) is 3.33. The summed E-state index contributed by atoms with van der Waals surface area (Å²) in [7, 11) is 0. The lowest BCUT2D eigenvalue weighted by Crippen LogP contribution is -3.03. The molecule has 2 rings (SSSR count). The van der Waals surface area contributed by atoms with Crippen molar-refractivity contribution >= 4 is 0 Å². The van der Waals surface area contributed by atoms with Gasteiger partial charge in [0.05, 0.1) is 0 Å². The smallest absolute Gasteiger partial charge is 0.141 e. The van der Waals surface area contributed by atoms with Gasteiger partial charge < -0.3 is 10.3 Å². The zero-order valence-electron chi connectivity index (χ0n) is 12.5. The molecule has 3 N–H and O–H groups in total. The Balaban J connectivity index is 2.32. The number of rotatable bonds is 4. The highest BCUT2D eigenvalue weighted by atomic mass is 17.1. The summed E-state index contributed by atoms with van der Waals surface area (Å²) in [4.78, 5) is 4.50. The van der Waals surface area contributed by atoms with Crippen molar-refractivity contribution in [1.29, 1.82) is 0 Å². The Bertz CT molecular complexity index is 511. The van der Waals surface area contributed by atoms with Crippen molar-refractivity contribution in [2.24, 2.45) is 5.41 Å². The summed E-state index contributed by atoms with van der Waals surface area (Å²) in [5, 5.41) is 27.8. The highest BCUT2D eigenvalue weighted by molar-refractivity contribution is 5.49. The van der Waals surface area contributed by atoms with E-state index in [1.165, 1.54) is 11.1 Å². The molecular weight excluding hydrogens is 258 g/mol. The van der Waals surface area contributed by atoms with Gasteiger partial charge in [0.1, 0.15) is 12.7 Å². The van der Waals surface area contributed by atoms with Gasteiger partial charge in [-0.05, 0) is 59.9 Å². The summed E-state index contributed by atoms with van der Waals surface area (Å²) in [5.41, 5.74) is 5.78. The average molecular weight is 281 g/mol. The predicted molar refractivity (Wildman–Crippen MR) is 74.1 cm³/mol. The molecule has 1 unspecified atom stereocenters. The Morgan fingerprint density at radius 2 is 2.05 bits per heavy atom. The van der Waals surface area contributed by atoms with Gasteiger partial charge in [-0.15, -0.1) is 0 Å². The van der Waals surface area contributed by atoms with Gasteiger partial charge in [0.25, 0.3) is 0 Å². The number of aryl methyl sites for hydroxylation is 1. The van der Waals surface area contributed by atoms with Crippen LogP contribution in [0.2, 0.25) is 0 Å². The highest BCUT2D eigenvalue weighted by Crippen LogP contribution is 2.40. The van der Waals surface area contributed by atoms with Gasteiger partial charge in [-0.3, -0.25) is 0 Å². The minimum absolute atomic E-state index is 0.223. The van der Waals surface area contributed by atoms with Crippen LogP contribution in [0.5, 0.6) is 0 Å². The highest BCUT2D eigenvalue weighted by Gasteiger charge is 2.31. The van der Waals surface area contributed by atoms with Crippen LogP contribution in [0.4, 0.5) is 0 Å². The van der Waals surface area contributed by atoms with Crippen LogP contribution < -0.4 is 5.39 Å². The van der Waals surface area contributed by atoms with Gasteiger partial charge >= 0.3 is 0 Å². The molecule has 1 aliphatic rings. The standard InChI is InChI=1S/C15H23NO4/c1-9-5-11-6-15(3,4)7-12(11)10(2)14(9)13(17)8-20-16(18)19/h5,13,16-18H,6-8H2,1-4H3/t13-/m1/s1. The van der Waals surface area contributed by atoms with E-state index in [4.69, 9.17) is 5.21 Å². The molecule has 1 aliphatic carbocycles. The SMILES string of the molecule is Cc1cc2c(c(C)c1[C@H](O)CO[NH+]([O-])O)CC(C)(C)C2. The van der Waals surface area contributed by atoms with Gasteiger partial charge in [-0.1, -0.05) is 25.3 Å². The molecule has 0 saturated carbocycles. The van der Waals surface area contributed by atoms with E-state index in [0.717, 1.165) is 29.5 Å². The number of nitrogens with one attached hydrogen (secondary N) is 1. The van der Waals surface area contributed by atoms with E-state index in [2.05, 4.69) is 24.8 Å². The van der Waals surface area contributed by atoms with Gasteiger partial charge in [-0.2, -0.15) is 10.0 Å². The van der Waals surface area contributed by atoms with E-state index in [9.17, 15) is 10.3 Å². The van der Waals surface area contributed by atoms with Crippen molar-refractivity contribution in [2.75, 3.05) is 6.61 Å². The largest absolute Gasteiger partial charge is 0.566 e. The fourth-order valence-corrected chi connectivity index (χ4v) is 3.33. The molecule has 0 heterocycles. The van der Waals surface area contributed by atoms with Crippen molar-refractivity contribution in [3.05, 3.63) is 39.1 Å². The van der Waals surface area contributed by atoms with Crippen LogP contribution in [0.25, 0.3) is 0 Å². The average Bonchev–Trinajstić information content (AvgIpc) is 2.61. The van der Waals surface area contributed by atoms with Crippen molar-refractivity contribution in [2.45, 2.75) is 46.6 Å². The fraction of sp³-hybridized carbons (Fsp3) is 0.600. The Morgan fingerprint density at radius 1 is 1.40 bits per heavy atom. The lowest BCUT2D eigenvalue weighted by molar-refractivity contribution is -1.21. The molecule has 1 aromatic carbocycles. The molecule has 0 radical (unpaired) electrons. The Hall–Kier alpha value is -0.980. The van der Waals surface area contributed by atoms with E-state index < -0.39 is 11.5 Å². The Kier molecular flexibility index (Phi) is 4.18. The van der Waals surface area contributed by atoms with Crippen molar-refractivity contribution in [3.8, 4) is 0 Å². The molecule has 2 atom stereocenters. The molecule has 0 saturated heterocycles. The molecule has 0 fully saturated rings. The lowest BCUT2D eigenvalue weighted by atomic mass is 9.89. The first-order valence-corrected chi connectivity index (χ1v) is 6.87. The molecule has 0 aliphatic heterocycles. The molecule has 5 heteroatoms. The molecule has 0 aromatic heterocycles. The number of quaternary nitrogens is 1. The third-order valence-corrected chi connectivity index (χ3v) is 4.08. The first-order valence-electron chi connectivity index (χ1n) is 6.87. The van der Waals surface area contributed by atoms with Gasteiger partial charge in [0.2, 0.25) is 0 Å². The zero-order valence-corrected chi connectivity index (χ0v) is 12.5. The van der Waals surface area contributed by atoms with Crippen LogP contribution in [0.1, 0.15) is 47.8 Å². The van der Waals surface area contributed by atoms with Crippen LogP contribution in [-0.4, -0.2) is 16.9 Å². The van der Waals surface area contributed by atoms with Crippen molar-refractivity contribution in [3.63, 3.8) is 0 Å². The topological polar surface area (TPSA) is 77.2 Å². The monoisotopic (exact) mass is 281 g/mol. The third-order valence-electron chi connectivity index (χ3n) is 4.08. The normalized spacial score (nSPS) is 19.8. The summed E-state index contributed by atoms with van der Waals surface area (Å²) in [6, 6.07) is 2.12. The summed E-state index contributed by atoms with van der Waals surface area (Å²) in [5.74, 6) is 0. The predicted octanol–water partition coefficient (Wildman–Crippen LogP) is 1.17. The molecule has 1 aromatic rings. The number of benzene rings is 1. The lowest BCUT2D eigenvalue weighted by Gasteiger charge is -2.20. The van der Waals surface area contributed by atoms with Gasteiger partial charge in [0, 0.05) is 0 Å². The van der Waals surface area contributed by atoms with Crippen LogP contribution >= 0.6 is 0 Å². The van der Waals surface area contributed by atoms with E-state index in [-0.39, 0.29) is 12.0 Å². The second kappa shape index (κ2) is 5.42. The molecule has 20 heavy (non-hydrogen) atoms. The second-order valence-corrected chi connectivity index (χ2v) is 6.48. The molecule has 0 amide bonds. The van der Waals surface area contributed by atoms with Crippen molar-refractivity contribution < 1.29 is 20.5 Å². The van der Waals surface area contributed by atoms with E-state index >= 15 is 0 Å². The maximum absolute atomic E-state index is 10.4. The maximum Gasteiger partial charge on any atom is 0.141 e. The quantitative estimate of drug-likeness (QED) is 0.724. The van der Waals surface area contributed by atoms with E-state index in [0.29, 0.717) is 0 Å². The van der Waals surface area contributed by atoms with E-state index in [1.807, 2.05) is 13.8 Å². The first kappa shape index (κ1) is 15.4. The number of hydrogen-bond donors (Lipinski definition) is 3. The molecule has 0 bridgehead atoms.